The second kappa shape index (κ2) is 6.17. The second-order valence-corrected chi connectivity index (χ2v) is 4.96. The first-order valence-electron chi connectivity index (χ1n) is 6.33. The molecular weight excluding hydrogens is 255 g/mol. The largest absolute Gasteiger partial charge is 0.507 e. The molecule has 2 nitrogen and oxygen atoms in total. The van der Waals surface area contributed by atoms with Gasteiger partial charge < -0.3 is 10.4 Å². The Balaban J connectivity index is 2.53. The Morgan fingerprint density at radius 3 is 2.47 bits per heavy atom. The summed E-state index contributed by atoms with van der Waals surface area (Å²) < 4.78 is 36.1. The molecule has 0 aliphatic carbocycles. The molecule has 19 heavy (non-hydrogen) atoms. The third-order valence-corrected chi connectivity index (χ3v) is 3.13. The molecule has 0 heterocycles. The average molecular weight is 275 g/mol. The Morgan fingerprint density at radius 1 is 1.26 bits per heavy atom. The first-order chi connectivity index (χ1) is 8.70. The summed E-state index contributed by atoms with van der Waals surface area (Å²) in [7, 11) is 0. The summed E-state index contributed by atoms with van der Waals surface area (Å²) in [6.07, 6.45) is -4.29. The van der Waals surface area contributed by atoms with Crippen molar-refractivity contribution < 1.29 is 18.3 Å². The van der Waals surface area contributed by atoms with Gasteiger partial charge in [0.2, 0.25) is 0 Å². The van der Waals surface area contributed by atoms with Crippen molar-refractivity contribution in [3.8, 4) is 5.75 Å². The monoisotopic (exact) mass is 275 g/mol. The zero-order chi connectivity index (χ0) is 14.6. The van der Waals surface area contributed by atoms with Crippen molar-refractivity contribution in [1.29, 1.82) is 0 Å². The summed E-state index contributed by atoms with van der Waals surface area (Å²) in [5.74, 6) is 0.229. The predicted octanol–water partition coefficient (Wildman–Crippen LogP) is 4.54. The Hall–Kier alpha value is -1.39. The van der Waals surface area contributed by atoms with Crippen LogP contribution in [0.4, 0.5) is 18.9 Å². The summed E-state index contributed by atoms with van der Waals surface area (Å²) in [5, 5.41) is 12.9. The number of aryl methyl sites for hydroxylation is 1. The standard InChI is InChI=1S/C14H20F3NO/c1-9-6-7-12(11(3)13(9)19)18-10(2)5-4-8-14(15,16)17/h6-7,10,18-19H,4-5,8H2,1-3H3. The van der Waals surface area contributed by atoms with E-state index in [4.69, 9.17) is 0 Å². The van der Waals surface area contributed by atoms with Crippen LogP contribution in [0, 0.1) is 13.8 Å². The number of phenols is 1. The fourth-order valence-corrected chi connectivity index (χ4v) is 1.94. The molecule has 0 aliphatic heterocycles. The molecule has 1 unspecified atom stereocenters. The van der Waals surface area contributed by atoms with Crippen molar-refractivity contribution in [2.75, 3.05) is 5.32 Å². The van der Waals surface area contributed by atoms with E-state index in [0.29, 0.717) is 6.42 Å². The SMILES string of the molecule is Cc1ccc(NC(C)CCCC(F)(F)F)c(C)c1O. The molecule has 0 fully saturated rings. The number of hydrogen-bond donors (Lipinski definition) is 2. The van der Waals surface area contributed by atoms with Gasteiger partial charge in [-0.15, -0.1) is 0 Å². The number of halogens is 3. The van der Waals surface area contributed by atoms with Crippen LogP contribution in [0.25, 0.3) is 0 Å². The lowest BCUT2D eigenvalue weighted by molar-refractivity contribution is -0.135. The van der Waals surface area contributed by atoms with E-state index in [1.807, 2.05) is 13.0 Å². The fraction of sp³-hybridized carbons (Fsp3) is 0.571. The third-order valence-electron chi connectivity index (χ3n) is 3.13. The molecule has 1 aromatic carbocycles. The Morgan fingerprint density at radius 2 is 1.89 bits per heavy atom. The number of benzene rings is 1. The number of rotatable bonds is 5. The molecule has 2 N–H and O–H groups in total. The molecule has 0 saturated carbocycles. The van der Waals surface area contributed by atoms with Gasteiger partial charge in [0.05, 0.1) is 0 Å². The molecule has 1 atom stereocenters. The predicted molar refractivity (Wildman–Crippen MR) is 70.6 cm³/mol. The first kappa shape index (κ1) is 15.7. The molecular formula is C14H20F3NO. The van der Waals surface area contributed by atoms with Crippen LogP contribution >= 0.6 is 0 Å². The van der Waals surface area contributed by atoms with Gasteiger partial charge in [0.25, 0.3) is 0 Å². The van der Waals surface area contributed by atoms with Gasteiger partial charge in [-0.25, -0.2) is 0 Å². The minimum atomic E-state index is -4.09. The van der Waals surface area contributed by atoms with E-state index < -0.39 is 12.6 Å². The highest BCUT2D eigenvalue weighted by molar-refractivity contribution is 5.59. The van der Waals surface area contributed by atoms with Crippen LogP contribution in [0.2, 0.25) is 0 Å². The molecule has 108 valence electrons. The van der Waals surface area contributed by atoms with Gasteiger partial charge in [-0.3, -0.25) is 0 Å². The quantitative estimate of drug-likeness (QED) is 0.826. The van der Waals surface area contributed by atoms with Crippen molar-refractivity contribution in [2.45, 2.75) is 52.3 Å². The van der Waals surface area contributed by atoms with Crippen molar-refractivity contribution >= 4 is 5.69 Å². The van der Waals surface area contributed by atoms with Gasteiger partial charge in [-0.2, -0.15) is 13.2 Å². The normalized spacial score (nSPS) is 13.4. The molecule has 0 bridgehead atoms. The number of nitrogens with one attached hydrogen (secondary N) is 1. The van der Waals surface area contributed by atoms with Crippen molar-refractivity contribution in [1.82, 2.24) is 0 Å². The molecule has 0 saturated heterocycles. The number of phenolic OH excluding ortho intramolecular Hbond substituents is 1. The molecule has 0 spiro atoms. The van der Waals surface area contributed by atoms with Crippen molar-refractivity contribution in [3.63, 3.8) is 0 Å². The number of alkyl halides is 3. The van der Waals surface area contributed by atoms with Crippen LogP contribution in [0.3, 0.4) is 0 Å². The molecule has 1 rings (SSSR count). The topological polar surface area (TPSA) is 32.3 Å². The molecule has 5 heteroatoms. The van der Waals surface area contributed by atoms with E-state index in [9.17, 15) is 18.3 Å². The molecule has 0 aliphatic rings. The van der Waals surface area contributed by atoms with Gasteiger partial charge in [-0.1, -0.05) is 6.07 Å². The fourth-order valence-electron chi connectivity index (χ4n) is 1.94. The summed E-state index contributed by atoms with van der Waals surface area (Å²) in [6, 6.07) is 3.56. The van der Waals surface area contributed by atoms with Crippen LogP contribution in [-0.4, -0.2) is 17.3 Å². The minimum Gasteiger partial charge on any atom is -0.507 e. The van der Waals surface area contributed by atoms with Gasteiger partial charge in [0.15, 0.2) is 0 Å². The average Bonchev–Trinajstić information content (AvgIpc) is 2.28. The van der Waals surface area contributed by atoms with Crippen LogP contribution in [0.5, 0.6) is 5.75 Å². The van der Waals surface area contributed by atoms with E-state index in [-0.39, 0.29) is 18.2 Å². The maximum atomic E-state index is 12.0. The lowest BCUT2D eigenvalue weighted by Crippen LogP contribution is -2.17. The summed E-state index contributed by atoms with van der Waals surface area (Å²) in [5.41, 5.74) is 2.28. The Bertz CT molecular complexity index is 429. The zero-order valence-electron chi connectivity index (χ0n) is 11.4. The van der Waals surface area contributed by atoms with E-state index in [2.05, 4.69) is 5.32 Å². The number of hydrogen-bond acceptors (Lipinski definition) is 2. The molecule has 1 aromatic rings. The zero-order valence-corrected chi connectivity index (χ0v) is 11.4. The van der Waals surface area contributed by atoms with Crippen molar-refractivity contribution in [2.24, 2.45) is 0 Å². The third kappa shape index (κ3) is 5.01. The maximum Gasteiger partial charge on any atom is 0.389 e. The second-order valence-electron chi connectivity index (χ2n) is 4.96. The maximum absolute atomic E-state index is 12.0. The van der Waals surface area contributed by atoms with E-state index in [1.54, 1.807) is 19.9 Å². The van der Waals surface area contributed by atoms with Crippen LogP contribution in [0.1, 0.15) is 37.3 Å². The van der Waals surface area contributed by atoms with E-state index in [1.165, 1.54) is 0 Å². The van der Waals surface area contributed by atoms with Crippen LogP contribution in [0.15, 0.2) is 12.1 Å². The molecule has 0 radical (unpaired) electrons. The summed E-state index contributed by atoms with van der Waals surface area (Å²) >= 11 is 0. The highest BCUT2D eigenvalue weighted by atomic mass is 19.4. The van der Waals surface area contributed by atoms with E-state index in [0.717, 1.165) is 16.8 Å². The minimum absolute atomic E-state index is 0.0665. The van der Waals surface area contributed by atoms with Gasteiger partial charge in [0.1, 0.15) is 5.75 Å². The van der Waals surface area contributed by atoms with Crippen LogP contribution in [-0.2, 0) is 0 Å². The van der Waals surface area contributed by atoms with Gasteiger partial charge in [0, 0.05) is 23.7 Å². The highest BCUT2D eigenvalue weighted by Crippen LogP contribution is 2.29. The van der Waals surface area contributed by atoms with Gasteiger partial charge in [-0.05, 0) is 45.2 Å². The summed E-state index contributed by atoms with van der Waals surface area (Å²) in [6.45, 7) is 5.43. The van der Waals surface area contributed by atoms with Gasteiger partial charge >= 0.3 is 6.18 Å². The highest BCUT2D eigenvalue weighted by Gasteiger charge is 2.26. The Labute approximate surface area is 111 Å². The molecule has 0 aromatic heterocycles. The molecule has 0 amide bonds. The summed E-state index contributed by atoms with van der Waals surface area (Å²) in [4.78, 5) is 0. The van der Waals surface area contributed by atoms with Crippen molar-refractivity contribution in [3.05, 3.63) is 23.3 Å². The van der Waals surface area contributed by atoms with Crippen LogP contribution < -0.4 is 5.32 Å². The number of aromatic hydroxyl groups is 1. The lowest BCUT2D eigenvalue weighted by atomic mass is 10.1. The van der Waals surface area contributed by atoms with E-state index >= 15 is 0 Å². The Kier molecular flexibility index (Phi) is 5.09. The smallest absolute Gasteiger partial charge is 0.389 e. The lowest BCUT2D eigenvalue weighted by Gasteiger charge is -2.18. The first-order valence-corrected chi connectivity index (χ1v) is 6.33. The number of anilines is 1.